The summed E-state index contributed by atoms with van der Waals surface area (Å²) in [5.74, 6) is 0. The van der Waals surface area contributed by atoms with Crippen LogP contribution >= 0.6 is 23.9 Å². The van der Waals surface area contributed by atoms with E-state index in [2.05, 4.69) is 40.0 Å². The molecule has 0 bridgehead atoms. The summed E-state index contributed by atoms with van der Waals surface area (Å²) in [5, 5.41) is 12.5. The lowest BCUT2D eigenvalue weighted by atomic mass is 9.91. The van der Waals surface area contributed by atoms with E-state index in [0.717, 1.165) is 36.6 Å². The van der Waals surface area contributed by atoms with Crippen molar-refractivity contribution in [1.29, 1.82) is 5.26 Å². The molecule has 27 heavy (non-hydrogen) atoms. The molecule has 3 aromatic rings. The van der Waals surface area contributed by atoms with Crippen molar-refractivity contribution in [2.75, 3.05) is 19.7 Å². The molecule has 1 N–H and O–H groups in total. The molecule has 0 radical (unpaired) electrons. The Labute approximate surface area is 169 Å². The molecule has 0 saturated carbocycles. The van der Waals surface area contributed by atoms with Crippen LogP contribution in [0.2, 0.25) is 0 Å². The number of aromatic nitrogens is 1. The van der Waals surface area contributed by atoms with E-state index < -0.39 is 0 Å². The third-order valence-corrected chi connectivity index (χ3v) is 5.38. The van der Waals surface area contributed by atoms with Crippen LogP contribution < -0.4 is 5.32 Å². The number of morpholine rings is 1. The van der Waals surface area contributed by atoms with Crippen LogP contribution in [0.5, 0.6) is 0 Å². The molecule has 138 valence electrons. The summed E-state index contributed by atoms with van der Waals surface area (Å²) in [4.78, 5) is 1.16. The molecule has 1 aliphatic rings. The van der Waals surface area contributed by atoms with Gasteiger partial charge in [0.05, 0.1) is 29.2 Å². The van der Waals surface area contributed by atoms with Gasteiger partial charge in [-0.15, -0.1) is 12.4 Å². The van der Waals surface area contributed by atoms with Gasteiger partial charge in [-0.2, -0.15) is 5.26 Å². The van der Waals surface area contributed by atoms with Gasteiger partial charge in [-0.3, -0.25) is 0 Å². The molecule has 0 aliphatic carbocycles. The Hall–Kier alpha value is -2.23. The zero-order valence-electron chi connectivity index (χ0n) is 14.7. The number of nitrogens with one attached hydrogen (secondary N) is 1. The second-order valence-corrected chi connectivity index (χ2v) is 7.14. The molecule has 2 aromatic carbocycles. The summed E-state index contributed by atoms with van der Waals surface area (Å²) >= 11 is 1.51. The fraction of sp³-hybridized carbons (Fsp3) is 0.238. The van der Waals surface area contributed by atoms with Crippen LogP contribution in [0.15, 0.2) is 54.7 Å². The molecule has 1 saturated heterocycles. The minimum Gasteiger partial charge on any atom is -0.375 e. The average Bonchev–Trinajstić information content (AvgIpc) is 3.23. The number of rotatable bonds is 4. The normalized spacial score (nSPS) is 16.3. The SMILES string of the molecule is Cl.N#Cc1ccc(-c2cccc(C[C@@H]3CNCCO3)c2-c2ccns2)cc1. The van der Waals surface area contributed by atoms with Gasteiger partial charge in [0, 0.05) is 31.3 Å². The van der Waals surface area contributed by atoms with Gasteiger partial charge in [0.1, 0.15) is 0 Å². The highest BCUT2D eigenvalue weighted by Crippen LogP contribution is 2.37. The Balaban J connectivity index is 0.00000210. The summed E-state index contributed by atoms with van der Waals surface area (Å²) in [6, 6.07) is 18.4. The Morgan fingerprint density at radius 3 is 2.70 bits per heavy atom. The van der Waals surface area contributed by atoms with Crippen LogP contribution in [0.25, 0.3) is 21.6 Å². The monoisotopic (exact) mass is 397 g/mol. The van der Waals surface area contributed by atoms with Gasteiger partial charge in [0.25, 0.3) is 0 Å². The predicted octanol–water partition coefficient (Wildman–Crippen LogP) is 4.30. The zero-order chi connectivity index (χ0) is 17.8. The second kappa shape index (κ2) is 9.12. The first kappa shape index (κ1) is 19.5. The second-order valence-electron chi connectivity index (χ2n) is 6.31. The minimum atomic E-state index is 0. The summed E-state index contributed by atoms with van der Waals surface area (Å²) in [5.41, 5.74) is 5.43. The van der Waals surface area contributed by atoms with Crippen molar-refractivity contribution in [2.24, 2.45) is 0 Å². The van der Waals surface area contributed by atoms with E-state index in [1.165, 1.54) is 28.2 Å². The van der Waals surface area contributed by atoms with Gasteiger partial charge >= 0.3 is 0 Å². The molecule has 4 nitrogen and oxygen atoms in total. The first-order valence-electron chi connectivity index (χ1n) is 8.71. The molecule has 1 aromatic heterocycles. The molecule has 0 amide bonds. The van der Waals surface area contributed by atoms with Crippen molar-refractivity contribution in [3.8, 4) is 27.6 Å². The van der Waals surface area contributed by atoms with Crippen LogP contribution in [0.4, 0.5) is 0 Å². The molecule has 0 unspecified atom stereocenters. The quantitative estimate of drug-likeness (QED) is 0.713. The zero-order valence-corrected chi connectivity index (χ0v) is 16.4. The van der Waals surface area contributed by atoms with Crippen molar-refractivity contribution >= 4 is 23.9 Å². The predicted molar refractivity (Wildman–Crippen MR) is 111 cm³/mol. The Morgan fingerprint density at radius 1 is 1.19 bits per heavy atom. The summed E-state index contributed by atoms with van der Waals surface area (Å²) in [6.45, 7) is 2.56. The maximum atomic E-state index is 9.05. The molecule has 6 heteroatoms. The summed E-state index contributed by atoms with van der Waals surface area (Å²) < 4.78 is 10.2. The Kier molecular flexibility index (Phi) is 6.59. The van der Waals surface area contributed by atoms with Crippen molar-refractivity contribution in [1.82, 2.24) is 9.69 Å². The van der Waals surface area contributed by atoms with Crippen LogP contribution in [-0.4, -0.2) is 30.2 Å². The minimum absolute atomic E-state index is 0. The first-order chi connectivity index (χ1) is 12.8. The number of nitriles is 1. The van der Waals surface area contributed by atoms with Crippen molar-refractivity contribution < 1.29 is 4.74 Å². The molecule has 1 aliphatic heterocycles. The largest absolute Gasteiger partial charge is 0.375 e. The molecule has 0 spiro atoms. The van der Waals surface area contributed by atoms with E-state index in [9.17, 15) is 0 Å². The lowest BCUT2D eigenvalue weighted by Crippen LogP contribution is -2.39. The van der Waals surface area contributed by atoms with E-state index in [1.807, 2.05) is 30.5 Å². The van der Waals surface area contributed by atoms with Crippen LogP contribution in [0, 0.1) is 11.3 Å². The van der Waals surface area contributed by atoms with Crippen LogP contribution in [0.1, 0.15) is 11.1 Å². The van der Waals surface area contributed by atoms with Gasteiger partial charge in [-0.05, 0) is 46.4 Å². The lowest BCUT2D eigenvalue weighted by Gasteiger charge is -2.25. The van der Waals surface area contributed by atoms with Gasteiger partial charge in [0.15, 0.2) is 0 Å². The molecule has 1 atom stereocenters. The highest BCUT2D eigenvalue weighted by Gasteiger charge is 2.19. The summed E-state index contributed by atoms with van der Waals surface area (Å²) in [7, 11) is 0. The standard InChI is InChI=1S/C21H19N3OS.ClH/c22-13-15-4-6-16(7-5-15)19-3-1-2-17(12-18-14-23-10-11-25-18)21(19)20-8-9-24-26-20;/h1-9,18,23H,10-12,14H2;1H/t18-;/m1./s1. The third kappa shape index (κ3) is 4.37. The van der Waals surface area contributed by atoms with E-state index in [1.54, 1.807) is 0 Å². The number of nitrogens with zero attached hydrogens (tertiary/aromatic N) is 2. The fourth-order valence-electron chi connectivity index (χ4n) is 3.37. The van der Waals surface area contributed by atoms with E-state index in [-0.39, 0.29) is 18.5 Å². The van der Waals surface area contributed by atoms with E-state index in [4.69, 9.17) is 10.00 Å². The van der Waals surface area contributed by atoms with Crippen LogP contribution in [0.3, 0.4) is 0 Å². The number of ether oxygens (including phenoxy) is 1. The summed E-state index contributed by atoms with van der Waals surface area (Å²) in [6.07, 6.45) is 2.90. The van der Waals surface area contributed by atoms with Gasteiger partial charge in [0.2, 0.25) is 0 Å². The number of hydrogen-bond donors (Lipinski definition) is 1. The maximum absolute atomic E-state index is 9.05. The Morgan fingerprint density at radius 2 is 2.04 bits per heavy atom. The number of benzene rings is 2. The maximum Gasteiger partial charge on any atom is 0.0991 e. The third-order valence-electron chi connectivity index (χ3n) is 4.61. The van der Waals surface area contributed by atoms with Crippen molar-refractivity contribution in [2.45, 2.75) is 12.5 Å². The topological polar surface area (TPSA) is 57.9 Å². The van der Waals surface area contributed by atoms with Gasteiger partial charge in [-0.25, -0.2) is 4.37 Å². The molecule has 1 fully saturated rings. The number of halogens is 1. The fourth-order valence-corrected chi connectivity index (χ4v) is 4.06. The highest BCUT2D eigenvalue weighted by molar-refractivity contribution is 7.09. The Bertz CT molecular complexity index is 914. The van der Waals surface area contributed by atoms with Crippen molar-refractivity contribution in [3.05, 3.63) is 65.9 Å². The van der Waals surface area contributed by atoms with E-state index in [0.29, 0.717) is 5.56 Å². The van der Waals surface area contributed by atoms with Gasteiger partial charge in [-0.1, -0.05) is 30.3 Å². The molecule has 2 heterocycles. The van der Waals surface area contributed by atoms with Crippen LogP contribution in [-0.2, 0) is 11.2 Å². The molecular formula is C21H20ClN3OS. The highest BCUT2D eigenvalue weighted by atomic mass is 35.5. The average molecular weight is 398 g/mol. The van der Waals surface area contributed by atoms with Crippen molar-refractivity contribution in [3.63, 3.8) is 0 Å². The lowest BCUT2D eigenvalue weighted by molar-refractivity contribution is 0.0293. The smallest absolute Gasteiger partial charge is 0.0991 e. The first-order valence-corrected chi connectivity index (χ1v) is 9.48. The van der Waals surface area contributed by atoms with Gasteiger partial charge < -0.3 is 10.1 Å². The number of hydrogen-bond acceptors (Lipinski definition) is 5. The van der Waals surface area contributed by atoms with E-state index >= 15 is 0 Å². The molecule has 4 rings (SSSR count). The molecular weight excluding hydrogens is 378 g/mol.